The lowest BCUT2D eigenvalue weighted by atomic mass is 10.0. The third kappa shape index (κ3) is 3.23. The molecule has 0 aliphatic rings. The van der Waals surface area contributed by atoms with E-state index in [9.17, 15) is 0 Å². The number of aromatic nitrogens is 3. The van der Waals surface area contributed by atoms with Crippen molar-refractivity contribution in [1.82, 2.24) is 19.5 Å². The number of nitrogens with one attached hydrogen (secondary N) is 1. The molecule has 2 aromatic heterocycles. The van der Waals surface area contributed by atoms with Crippen LogP contribution in [0.3, 0.4) is 0 Å². The van der Waals surface area contributed by atoms with Crippen LogP contribution in [-0.4, -0.2) is 46.2 Å². The lowest BCUT2D eigenvalue weighted by molar-refractivity contribution is 0.344. The van der Waals surface area contributed by atoms with Gasteiger partial charge in [-0.05, 0) is 44.6 Å². The normalized spacial score (nSPS) is 13.4. The predicted octanol–water partition coefficient (Wildman–Crippen LogP) is 2.04. The summed E-state index contributed by atoms with van der Waals surface area (Å²) in [5, 5.41) is 7.88. The van der Waals surface area contributed by atoms with E-state index < -0.39 is 0 Å². The summed E-state index contributed by atoms with van der Waals surface area (Å²) in [6.45, 7) is 7.53. The third-order valence-corrected chi connectivity index (χ3v) is 3.22. The number of aryl methyl sites for hydroxylation is 1. The van der Waals surface area contributed by atoms with E-state index in [1.807, 2.05) is 10.6 Å². The molecule has 0 aliphatic carbocycles. The van der Waals surface area contributed by atoms with Gasteiger partial charge in [0.25, 0.3) is 0 Å². The Morgan fingerprint density at radius 1 is 1.32 bits per heavy atom. The summed E-state index contributed by atoms with van der Waals surface area (Å²) in [6, 6.07) is 4.53. The molecule has 0 saturated heterocycles. The molecule has 2 aromatic rings. The molecule has 5 heteroatoms. The third-order valence-electron chi connectivity index (χ3n) is 3.22. The molecule has 0 aromatic carbocycles. The van der Waals surface area contributed by atoms with Crippen LogP contribution in [0.25, 0.3) is 5.65 Å². The van der Waals surface area contributed by atoms with Crippen LogP contribution in [0.1, 0.15) is 19.4 Å². The number of pyridine rings is 1. The second-order valence-corrected chi connectivity index (χ2v) is 5.71. The number of hydrogen-bond donors (Lipinski definition) is 1. The van der Waals surface area contributed by atoms with Gasteiger partial charge in [0.2, 0.25) is 0 Å². The maximum atomic E-state index is 4.28. The summed E-state index contributed by atoms with van der Waals surface area (Å²) in [6.07, 6.45) is 1.59. The summed E-state index contributed by atoms with van der Waals surface area (Å²) >= 11 is 0. The number of anilines is 1. The van der Waals surface area contributed by atoms with Crippen molar-refractivity contribution in [2.24, 2.45) is 5.92 Å². The topological polar surface area (TPSA) is 45.5 Å². The van der Waals surface area contributed by atoms with Crippen molar-refractivity contribution < 1.29 is 0 Å². The number of likely N-dealkylation sites (N-methyl/N-ethyl adjacent to an activating group) is 1. The minimum absolute atomic E-state index is 0.379. The molecule has 1 N–H and O–H groups in total. The van der Waals surface area contributed by atoms with Crippen LogP contribution in [0.5, 0.6) is 0 Å². The summed E-state index contributed by atoms with van der Waals surface area (Å²) in [4.78, 5) is 6.46. The molecule has 1 atom stereocenters. The van der Waals surface area contributed by atoms with Gasteiger partial charge >= 0.3 is 0 Å². The first-order chi connectivity index (χ1) is 8.97. The van der Waals surface area contributed by atoms with E-state index in [2.05, 4.69) is 61.2 Å². The Morgan fingerprint density at radius 2 is 2.05 bits per heavy atom. The van der Waals surface area contributed by atoms with Crippen LogP contribution in [0, 0.1) is 12.8 Å². The Morgan fingerprint density at radius 3 is 2.68 bits per heavy atom. The maximum Gasteiger partial charge on any atom is 0.157 e. The van der Waals surface area contributed by atoms with E-state index in [0.29, 0.717) is 12.0 Å². The van der Waals surface area contributed by atoms with Crippen molar-refractivity contribution >= 4 is 11.5 Å². The minimum atomic E-state index is 0.379. The van der Waals surface area contributed by atoms with Gasteiger partial charge in [-0.15, -0.1) is 0 Å². The van der Waals surface area contributed by atoms with Gasteiger partial charge in [0.1, 0.15) is 12.1 Å². The molecule has 104 valence electrons. The number of rotatable bonds is 5. The Kier molecular flexibility index (Phi) is 4.04. The SMILES string of the molecule is Cc1cc(NC(CN(C)C)C(C)C)n2ncnc2c1. The summed E-state index contributed by atoms with van der Waals surface area (Å²) in [5.41, 5.74) is 2.07. The highest BCUT2D eigenvalue weighted by Gasteiger charge is 2.16. The zero-order valence-electron chi connectivity index (χ0n) is 12.4. The van der Waals surface area contributed by atoms with Crippen LogP contribution in [0.2, 0.25) is 0 Å². The van der Waals surface area contributed by atoms with Crippen LogP contribution in [-0.2, 0) is 0 Å². The van der Waals surface area contributed by atoms with E-state index in [1.165, 1.54) is 5.56 Å². The standard InChI is InChI=1S/C14H23N5/c1-10(2)12(8-18(4)5)17-14-7-11(3)6-13-15-9-16-19(13)14/h6-7,9-10,12,17H,8H2,1-5H3. The summed E-state index contributed by atoms with van der Waals surface area (Å²) < 4.78 is 1.86. The van der Waals surface area contributed by atoms with E-state index in [0.717, 1.165) is 18.0 Å². The predicted molar refractivity (Wildman–Crippen MR) is 78.5 cm³/mol. The van der Waals surface area contributed by atoms with Crippen LogP contribution < -0.4 is 5.32 Å². The van der Waals surface area contributed by atoms with Gasteiger partial charge in [0.15, 0.2) is 5.65 Å². The Bertz CT molecular complexity index is 544. The minimum Gasteiger partial charge on any atom is -0.366 e. The fraction of sp³-hybridized carbons (Fsp3) is 0.571. The smallest absolute Gasteiger partial charge is 0.157 e. The largest absolute Gasteiger partial charge is 0.366 e. The molecular weight excluding hydrogens is 238 g/mol. The summed E-state index contributed by atoms with van der Waals surface area (Å²) in [5.74, 6) is 1.55. The first-order valence-electron chi connectivity index (χ1n) is 6.69. The van der Waals surface area contributed by atoms with Gasteiger partial charge in [0, 0.05) is 12.6 Å². The van der Waals surface area contributed by atoms with Gasteiger partial charge in [-0.2, -0.15) is 9.61 Å². The van der Waals surface area contributed by atoms with Crippen molar-refractivity contribution in [2.45, 2.75) is 26.8 Å². The zero-order chi connectivity index (χ0) is 14.0. The van der Waals surface area contributed by atoms with Crippen molar-refractivity contribution in [3.8, 4) is 0 Å². The highest BCUT2D eigenvalue weighted by molar-refractivity contribution is 5.51. The van der Waals surface area contributed by atoms with E-state index in [-0.39, 0.29) is 0 Å². The highest BCUT2D eigenvalue weighted by atomic mass is 15.3. The number of fused-ring (bicyclic) bond motifs is 1. The fourth-order valence-corrected chi connectivity index (χ4v) is 2.17. The van der Waals surface area contributed by atoms with Crippen molar-refractivity contribution in [1.29, 1.82) is 0 Å². The summed E-state index contributed by atoms with van der Waals surface area (Å²) in [7, 11) is 4.19. The van der Waals surface area contributed by atoms with Crippen LogP contribution in [0.4, 0.5) is 5.82 Å². The number of hydrogen-bond acceptors (Lipinski definition) is 4. The van der Waals surface area contributed by atoms with Gasteiger partial charge in [-0.3, -0.25) is 0 Å². The average Bonchev–Trinajstić information content (AvgIpc) is 2.75. The number of nitrogens with zero attached hydrogens (tertiary/aromatic N) is 4. The van der Waals surface area contributed by atoms with Crippen LogP contribution in [0.15, 0.2) is 18.5 Å². The van der Waals surface area contributed by atoms with Crippen molar-refractivity contribution in [2.75, 3.05) is 26.0 Å². The molecule has 0 aliphatic heterocycles. The molecule has 0 amide bonds. The molecule has 2 heterocycles. The Hall–Kier alpha value is -1.62. The molecular formula is C14H23N5. The first-order valence-corrected chi connectivity index (χ1v) is 6.69. The van der Waals surface area contributed by atoms with E-state index in [4.69, 9.17) is 0 Å². The highest BCUT2D eigenvalue weighted by Crippen LogP contribution is 2.16. The van der Waals surface area contributed by atoms with E-state index >= 15 is 0 Å². The average molecular weight is 261 g/mol. The fourth-order valence-electron chi connectivity index (χ4n) is 2.17. The molecule has 0 fully saturated rings. The maximum absolute atomic E-state index is 4.28. The van der Waals surface area contributed by atoms with E-state index in [1.54, 1.807) is 6.33 Å². The van der Waals surface area contributed by atoms with Gasteiger partial charge in [0.05, 0.1) is 0 Å². The lowest BCUT2D eigenvalue weighted by Gasteiger charge is -2.26. The molecule has 2 rings (SSSR count). The van der Waals surface area contributed by atoms with Gasteiger partial charge < -0.3 is 10.2 Å². The molecule has 0 spiro atoms. The van der Waals surface area contributed by atoms with Crippen molar-refractivity contribution in [3.63, 3.8) is 0 Å². The zero-order valence-corrected chi connectivity index (χ0v) is 12.4. The molecule has 0 radical (unpaired) electrons. The second kappa shape index (κ2) is 5.57. The van der Waals surface area contributed by atoms with Crippen LogP contribution >= 0.6 is 0 Å². The molecule has 0 bridgehead atoms. The van der Waals surface area contributed by atoms with Crippen molar-refractivity contribution in [3.05, 3.63) is 24.0 Å². The van der Waals surface area contributed by atoms with Gasteiger partial charge in [-0.25, -0.2) is 4.98 Å². The Labute approximate surface area is 114 Å². The lowest BCUT2D eigenvalue weighted by Crippen LogP contribution is -2.37. The second-order valence-electron chi connectivity index (χ2n) is 5.71. The first kappa shape index (κ1) is 13.8. The molecule has 19 heavy (non-hydrogen) atoms. The van der Waals surface area contributed by atoms with Gasteiger partial charge in [-0.1, -0.05) is 13.8 Å². The quantitative estimate of drug-likeness (QED) is 0.894. The molecule has 0 saturated carbocycles. The molecule has 5 nitrogen and oxygen atoms in total. The Balaban J connectivity index is 2.30. The molecule has 1 unspecified atom stereocenters. The monoisotopic (exact) mass is 261 g/mol.